The van der Waals surface area contributed by atoms with Gasteiger partial charge < -0.3 is 0 Å². The average molecular weight is 242 g/mol. The molecule has 0 spiro atoms. The number of hydrogen-bond donors (Lipinski definition) is 0. The van der Waals surface area contributed by atoms with Gasteiger partial charge in [-0.2, -0.15) is 0 Å². The summed E-state index contributed by atoms with van der Waals surface area (Å²) in [6.07, 6.45) is 7.98. The van der Waals surface area contributed by atoms with Crippen LogP contribution in [0, 0.1) is 0 Å². The van der Waals surface area contributed by atoms with Crippen molar-refractivity contribution in [2.24, 2.45) is 0 Å². The topological polar surface area (TPSA) is 68.3 Å². The van der Waals surface area contributed by atoms with Crippen molar-refractivity contribution in [1.29, 1.82) is 0 Å². The summed E-state index contributed by atoms with van der Waals surface area (Å²) in [7, 11) is 0. The largest absolute Gasteiger partial charge is 0.290 e. The van der Waals surface area contributed by atoms with E-state index in [1.54, 1.807) is 0 Å². The van der Waals surface area contributed by atoms with Crippen molar-refractivity contribution in [3.05, 3.63) is 47.6 Å². The van der Waals surface area contributed by atoms with Crippen LogP contribution in [0.2, 0.25) is 0 Å². The van der Waals surface area contributed by atoms with Gasteiger partial charge in [0.2, 0.25) is 0 Å². The predicted molar refractivity (Wildman–Crippen MR) is 63.7 cm³/mol. The van der Waals surface area contributed by atoms with Crippen LogP contribution >= 0.6 is 0 Å². The maximum atomic E-state index is 11.5. The van der Waals surface area contributed by atoms with Crippen molar-refractivity contribution >= 4 is 23.1 Å². The summed E-state index contributed by atoms with van der Waals surface area (Å²) in [5.41, 5.74) is 0.747. The van der Waals surface area contributed by atoms with Crippen LogP contribution in [-0.4, -0.2) is 23.1 Å². The Hall–Kier alpha value is -2.36. The number of rotatable bonds is 3. The van der Waals surface area contributed by atoms with Crippen molar-refractivity contribution in [1.82, 2.24) is 0 Å². The second kappa shape index (κ2) is 4.87. The molecule has 0 atom stereocenters. The Labute approximate surface area is 103 Å². The van der Waals surface area contributed by atoms with E-state index < -0.39 is 0 Å². The second-order valence-corrected chi connectivity index (χ2v) is 4.04. The Balaban J connectivity index is 2.04. The third-order valence-electron chi connectivity index (χ3n) is 2.73. The fraction of sp³-hybridized carbons (Fsp3) is 0.143. The van der Waals surface area contributed by atoms with Crippen molar-refractivity contribution < 1.29 is 19.2 Å². The van der Waals surface area contributed by atoms with Crippen molar-refractivity contribution in [2.75, 3.05) is 0 Å². The molecule has 0 aliphatic heterocycles. The molecular weight excluding hydrogens is 232 g/mol. The van der Waals surface area contributed by atoms with E-state index >= 15 is 0 Å². The monoisotopic (exact) mass is 242 g/mol. The quantitative estimate of drug-likeness (QED) is 0.693. The minimum Gasteiger partial charge on any atom is -0.290 e. The molecule has 0 fully saturated rings. The van der Waals surface area contributed by atoms with E-state index in [0.717, 1.165) is 0 Å². The van der Waals surface area contributed by atoms with Crippen LogP contribution in [0.15, 0.2) is 47.6 Å². The standard InChI is InChI=1S/C14H10O4/c15-11-3-5-13(17)9(7-11)1-2-10-8-12(16)4-6-14(10)18/h3-8H,1-2H2. The van der Waals surface area contributed by atoms with Crippen LogP contribution in [0.4, 0.5) is 0 Å². The van der Waals surface area contributed by atoms with E-state index in [4.69, 9.17) is 0 Å². The zero-order chi connectivity index (χ0) is 13.1. The molecule has 4 nitrogen and oxygen atoms in total. The first-order chi connectivity index (χ1) is 8.56. The fourth-order valence-electron chi connectivity index (χ4n) is 1.77. The molecule has 2 aliphatic rings. The highest BCUT2D eigenvalue weighted by molar-refractivity contribution is 6.18. The highest BCUT2D eigenvalue weighted by Gasteiger charge is 2.17. The van der Waals surface area contributed by atoms with Crippen LogP contribution in [0.5, 0.6) is 0 Å². The van der Waals surface area contributed by atoms with Gasteiger partial charge in [-0.15, -0.1) is 0 Å². The molecule has 0 amide bonds. The Morgan fingerprint density at radius 1 is 0.611 bits per heavy atom. The average Bonchev–Trinajstić information content (AvgIpc) is 2.34. The molecule has 18 heavy (non-hydrogen) atoms. The SMILES string of the molecule is O=C1C=CC(=O)C(CCC2=CC(=O)C=CC2=O)=C1. The summed E-state index contributed by atoms with van der Waals surface area (Å²) < 4.78 is 0. The lowest BCUT2D eigenvalue weighted by Gasteiger charge is -2.09. The van der Waals surface area contributed by atoms with Gasteiger partial charge in [0.15, 0.2) is 23.1 Å². The molecule has 0 N–H and O–H groups in total. The molecular formula is C14H10O4. The van der Waals surface area contributed by atoms with Crippen molar-refractivity contribution in [3.8, 4) is 0 Å². The Kier molecular flexibility index (Phi) is 3.28. The normalized spacial score (nSPS) is 19.1. The number of allylic oxidation sites excluding steroid dienone is 8. The molecule has 0 aromatic heterocycles. The van der Waals surface area contributed by atoms with E-state index in [1.807, 2.05) is 0 Å². The van der Waals surface area contributed by atoms with Gasteiger partial charge in [0.25, 0.3) is 0 Å². The molecule has 0 heterocycles. The zero-order valence-corrected chi connectivity index (χ0v) is 9.51. The maximum Gasteiger partial charge on any atom is 0.182 e. The van der Waals surface area contributed by atoms with Crippen LogP contribution in [0.3, 0.4) is 0 Å². The number of hydrogen-bond acceptors (Lipinski definition) is 4. The van der Waals surface area contributed by atoms with Crippen LogP contribution in [0.1, 0.15) is 12.8 Å². The van der Waals surface area contributed by atoms with E-state index in [2.05, 4.69) is 0 Å². The minimum absolute atomic E-state index is 0.222. The number of carbonyl (C=O) groups excluding carboxylic acids is 4. The molecule has 0 bridgehead atoms. The second-order valence-electron chi connectivity index (χ2n) is 4.04. The van der Waals surface area contributed by atoms with E-state index in [1.165, 1.54) is 36.5 Å². The molecule has 0 radical (unpaired) electrons. The molecule has 0 aromatic carbocycles. The van der Waals surface area contributed by atoms with Gasteiger partial charge in [0, 0.05) is 11.1 Å². The lowest BCUT2D eigenvalue weighted by molar-refractivity contribution is -0.115. The summed E-state index contributed by atoms with van der Waals surface area (Å²) in [6, 6.07) is 0. The lowest BCUT2D eigenvalue weighted by atomic mass is 9.93. The van der Waals surface area contributed by atoms with Gasteiger partial charge >= 0.3 is 0 Å². The molecule has 0 aromatic rings. The van der Waals surface area contributed by atoms with Gasteiger partial charge in [-0.1, -0.05) is 0 Å². The van der Waals surface area contributed by atoms with Crippen LogP contribution < -0.4 is 0 Å². The zero-order valence-electron chi connectivity index (χ0n) is 9.51. The van der Waals surface area contributed by atoms with E-state index in [-0.39, 0.29) is 36.0 Å². The first-order valence-corrected chi connectivity index (χ1v) is 5.50. The fourth-order valence-corrected chi connectivity index (χ4v) is 1.77. The summed E-state index contributed by atoms with van der Waals surface area (Å²) in [6.45, 7) is 0. The molecule has 0 saturated heterocycles. The Morgan fingerprint density at radius 2 is 1.00 bits per heavy atom. The van der Waals surface area contributed by atoms with Crippen LogP contribution in [0.25, 0.3) is 0 Å². The summed E-state index contributed by atoms with van der Waals surface area (Å²) in [5, 5.41) is 0. The van der Waals surface area contributed by atoms with Gasteiger partial charge in [0.05, 0.1) is 0 Å². The van der Waals surface area contributed by atoms with Gasteiger partial charge in [0.1, 0.15) is 0 Å². The molecule has 2 rings (SSSR count). The summed E-state index contributed by atoms with van der Waals surface area (Å²) in [4.78, 5) is 45.2. The number of carbonyl (C=O) groups is 4. The summed E-state index contributed by atoms with van der Waals surface area (Å²) >= 11 is 0. The van der Waals surface area contributed by atoms with Crippen molar-refractivity contribution in [2.45, 2.75) is 12.8 Å². The Bertz CT molecular complexity index is 519. The lowest BCUT2D eigenvalue weighted by Crippen LogP contribution is -2.11. The predicted octanol–water partition coefficient (Wildman–Crippen LogP) is 1.04. The van der Waals surface area contributed by atoms with Crippen LogP contribution in [-0.2, 0) is 19.2 Å². The third kappa shape index (κ3) is 2.66. The summed E-state index contributed by atoms with van der Waals surface area (Å²) in [5.74, 6) is -0.908. The van der Waals surface area contributed by atoms with E-state index in [0.29, 0.717) is 11.1 Å². The first-order valence-electron chi connectivity index (χ1n) is 5.50. The molecule has 4 heteroatoms. The van der Waals surface area contributed by atoms with Crippen molar-refractivity contribution in [3.63, 3.8) is 0 Å². The molecule has 0 unspecified atom stereocenters. The minimum atomic E-state index is -0.232. The number of ketones is 4. The highest BCUT2D eigenvalue weighted by Crippen LogP contribution is 2.18. The van der Waals surface area contributed by atoms with E-state index in [9.17, 15) is 19.2 Å². The van der Waals surface area contributed by atoms with Gasteiger partial charge in [-0.3, -0.25) is 19.2 Å². The third-order valence-corrected chi connectivity index (χ3v) is 2.73. The first kappa shape index (κ1) is 12.1. The maximum absolute atomic E-state index is 11.5. The smallest absolute Gasteiger partial charge is 0.182 e. The van der Waals surface area contributed by atoms with Gasteiger partial charge in [-0.25, -0.2) is 0 Å². The van der Waals surface area contributed by atoms with Gasteiger partial charge in [-0.05, 0) is 49.3 Å². The molecule has 2 aliphatic carbocycles. The molecule has 0 saturated carbocycles. The Morgan fingerprint density at radius 3 is 1.39 bits per heavy atom. The highest BCUT2D eigenvalue weighted by atomic mass is 16.1. The molecule has 90 valence electrons.